The van der Waals surface area contributed by atoms with Crippen molar-refractivity contribution in [1.29, 1.82) is 0 Å². The standard InChI is InChI=1S/C11H11BrF3NO2/c1-6(5-11(13,14)15)16-9-3-2-7(12)4-8(9)10(17)18/h2-4,6,16H,5H2,1H3,(H,17,18). The van der Waals surface area contributed by atoms with E-state index in [1.165, 1.54) is 19.1 Å². The van der Waals surface area contributed by atoms with E-state index in [9.17, 15) is 18.0 Å². The third kappa shape index (κ3) is 4.56. The molecule has 0 radical (unpaired) electrons. The molecule has 1 rings (SSSR count). The van der Waals surface area contributed by atoms with Crippen LogP contribution in [0.5, 0.6) is 0 Å². The number of benzene rings is 1. The van der Waals surface area contributed by atoms with Crippen LogP contribution in [0.1, 0.15) is 23.7 Å². The van der Waals surface area contributed by atoms with Crippen LogP contribution < -0.4 is 5.32 Å². The maximum atomic E-state index is 12.2. The maximum Gasteiger partial charge on any atom is 0.391 e. The molecular formula is C11H11BrF3NO2. The minimum atomic E-state index is -4.29. The Morgan fingerprint density at radius 2 is 2.11 bits per heavy atom. The van der Waals surface area contributed by atoms with Gasteiger partial charge in [-0.2, -0.15) is 13.2 Å². The van der Waals surface area contributed by atoms with Crippen molar-refractivity contribution in [2.75, 3.05) is 5.32 Å². The minimum absolute atomic E-state index is 0.0709. The predicted octanol–water partition coefficient (Wildman–Crippen LogP) is 3.90. The molecule has 0 saturated carbocycles. The fraction of sp³-hybridized carbons (Fsp3) is 0.364. The highest BCUT2D eigenvalue weighted by atomic mass is 79.9. The molecule has 1 unspecified atom stereocenters. The van der Waals surface area contributed by atoms with Crippen LogP contribution >= 0.6 is 15.9 Å². The number of halogens is 4. The van der Waals surface area contributed by atoms with E-state index in [1.54, 1.807) is 6.07 Å². The Hall–Kier alpha value is -1.24. The number of anilines is 1. The number of carboxylic acid groups (broad SMARTS) is 1. The van der Waals surface area contributed by atoms with Crippen LogP contribution in [-0.4, -0.2) is 23.3 Å². The van der Waals surface area contributed by atoms with E-state index >= 15 is 0 Å². The van der Waals surface area contributed by atoms with Gasteiger partial charge in [0, 0.05) is 16.2 Å². The molecule has 1 aromatic rings. The van der Waals surface area contributed by atoms with Gasteiger partial charge in [-0.25, -0.2) is 4.79 Å². The summed E-state index contributed by atoms with van der Waals surface area (Å²) in [7, 11) is 0. The van der Waals surface area contributed by atoms with E-state index in [1.807, 2.05) is 0 Å². The largest absolute Gasteiger partial charge is 0.478 e. The first-order chi connectivity index (χ1) is 8.19. The van der Waals surface area contributed by atoms with Gasteiger partial charge in [-0.05, 0) is 25.1 Å². The number of hydrogen-bond acceptors (Lipinski definition) is 2. The van der Waals surface area contributed by atoms with E-state index in [0.717, 1.165) is 0 Å². The Kier molecular flexibility index (Phi) is 4.61. The maximum absolute atomic E-state index is 12.2. The van der Waals surface area contributed by atoms with Gasteiger partial charge in [0.15, 0.2) is 0 Å². The summed E-state index contributed by atoms with van der Waals surface area (Å²) in [6, 6.07) is 3.43. The van der Waals surface area contributed by atoms with Crippen LogP contribution in [0.4, 0.5) is 18.9 Å². The molecule has 1 aromatic carbocycles. The van der Waals surface area contributed by atoms with Crippen molar-refractivity contribution in [3.63, 3.8) is 0 Å². The lowest BCUT2D eigenvalue weighted by atomic mass is 10.1. The molecule has 0 bridgehead atoms. The highest BCUT2D eigenvalue weighted by Gasteiger charge is 2.30. The van der Waals surface area contributed by atoms with Crippen molar-refractivity contribution < 1.29 is 23.1 Å². The van der Waals surface area contributed by atoms with Gasteiger partial charge < -0.3 is 10.4 Å². The second-order valence-electron chi connectivity index (χ2n) is 3.86. The van der Waals surface area contributed by atoms with Gasteiger partial charge >= 0.3 is 12.1 Å². The summed E-state index contributed by atoms with van der Waals surface area (Å²) >= 11 is 3.11. The van der Waals surface area contributed by atoms with Gasteiger partial charge in [0.25, 0.3) is 0 Å². The average molecular weight is 326 g/mol. The van der Waals surface area contributed by atoms with E-state index in [-0.39, 0.29) is 11.3 Å². The molecule has 100 valence electrons. The minimum Gasteiger partial charge on any atom is -0.478 e. The second-order valence-corrected chi connectivity index (χ2v) is 4.78. The van der Waals surface area contributed by atoms with Crippen LogP contribution in [0.25, 0.3) is 0 Å². The summed E-state index contributed by atoms with van der Waals surface area (Å²) in [5, 5.41) is 11.5. The third-order valence-corrected chi connectivity index (χ3v) is 2.64. The van der Waals surface area contributed by atoms with Gasteiger partial charge in [0.2, 0.25) is 0 Å². The van der Waals surface area contributed by atoms with Crippen LogP contribution in [0, 0.1) is 0 Å². The first-order valence-electron chi connectivity index (χ1n) is 5.05. The molecule has 0 fully saturated rings. The number of nitrogens with one attached hydrogen (secondary N) is 1. The monoisotopic (exact) mass is 325 g/mol. The zero-order valence-corrected chi connectivity index (χ0v) is 11.0. The normalized spacial score (nSPS) is 13.2. The van der Waals surface area contributed by atoms with Crippen molar-refractivity contribution in [3.05, 3.63) is 28.2 Å². The van der Waals surface area contributed by atoms with Gasteiger partial charge in [-0.15, -0.1) is 0 Å². The molecule has 1 atom stereocenters. The van der Waals surface area contributed by atoms with E-state index < -0.39 is 24.6 Å². The van der Waals surface area contributed by atoms with Crippen molar-refractivity contribution in [3.8, 4) is 0 Å². The molecule has 0 saturated heterocycles. The van der Waals surface area contributed by atoms with Crippen molar-refractivity contribution >= 4 is 27.6 Å². The average Bonchev–Trinajstić information content (AvgIpc) is 2.17. The lowest BCUT2D eigenvalue weighted by Crippen LogP contribution is -2.24. The number of rotatable bonds is 4. The zero-order chi connectivity index (χ0) is 13.9. The molecule has 7 heteroatoms. The highest BCUT2D eigenvalue weighted by Crippen LogP contribution is 2.26. The Bertz CT molecular complexity index is 448. The number of alkyl halides is 3. The predicted molar refractivity (Wildman–Crippen MR) is 64.9 cm³/mol. The molecule has 0 aliphatic heterocycles. The van der Waals surface area contributed by atoms with Gasteiger partial charge in [0.05, 0.1) is 12.0 Å². The summed E-state index contributed by atoms with van der Waals surface area (Å²) in [6.07, 6.45) is -5.31. The summed E-state index contributed by atoms with van der Waals surface area (Å²) in [5.74, 6) is -1.20. The summed E-state index contributed by atoms with van der Waals surface area (Å²) in [4.78, 5) is 11.0. The van der Waals surface area contributed by atoms with Crippen LogP contribution in [0.2, 0.25) is 0 Å². The van der Waals surface area contributed by atoms with Crippen LogP contribution in [-0.2, 0) is 0 Å². The molecule has 0 aliphatic rings. The molecular weight excluding hydrogens is 315 g/mol. The van der Waals surface area contributed by atoms with Gasteiger partial charge in [-0.1, -0.05) is 15.9 Å². The van der Waals surface area contributed by atoms with Crippen LogP contribution in [0.3, 0.4) is 0 Å². The molecule has 0 amide bonds. The van der Waals surface area contributed by atoms with Crippen LogP contribution in [0.15, 0.2) is 22.7 Å². The summed E-state index contributed by atoms with van der Waals surface area (Å²) < 4.78 is 37.1. The Morgan fingerprint density at radius 1 is 1.50 bits per heavy atom. The summed E-state index contributed by atoms with van der Waals surface area (Å²) in [6.45, 7) is 1.35. The second kappa shape index (κ2) is 5.60. The molecule has 0 spiro atoms. The smallest absolute Gasteiger partial charge is 0.391 e. The van der Waals surface area contributed by atoms with Crippen molar-refractivity contribution in [1.82, 2.24) is 0 Å². The molecule has 2 N–H and O–H groups in total. The van der Waals surface area contributed by atoms with E-state index in [2.05, 4.69) is 21.2 Å². The molecule has 18 heavy (non-hydrogen) atoms. The van der Waals surface area contributed by atoms with E-state index in [4.69, 9.17) is 5.11 Å². The SMILES string of the molecule is CC(CC(F)(F)F)Nc1ccc(Br)cc1C(=O)O. The number of carboxylic acids is 1. The fourth-order valence-electron chi connectivity index (χ4n) is 1.48. The topological polar surface area (TPSA) is 49.3 Å². The third-order valence-electron chi connectivity index (χ3n) is 2.15. The molecule has 0 heterocycles. The van der Waals surface area contributed by atoms with Gasteiger partial charge in [0.1, 0.15) is 0 Å². The number of hydrogen-bond donors (Lipinski definition) is 2. The lowest BCUT2D eigenvalue weighted by Gasteiger charge is -2.18. The first-order valence-corrected chi connectivity index (χ1v) is 5.84. The Labute approximate surface area is 110 Å². The fourth-order valence-corrected chi connectivity index (χ4v) is 1.84. The number of aromatic carboxylic acids is 1. The Morgan fingerprint density at radius 3 is 2.61 bits per heavy atom. The quantitative estimate of drug-likeness (QED) is 0.882. The first kappa shape index (κ1) is 14.8. The van der Waals surface area contributed by atoms with Gasteiger partial charge in [-0.3, -0.25) is 0 Å². The lowest BCUT2D eigenvalue weighted by molar-refractivity contribution is -0.136. The molecule has 0 aromatic heterocycles. The van der Waals surface area contributed by atoms with Crippen molar-refractivity contribution in [2.45, 2.75) is 25.6 Å². The summed E-state index contributed by atoms with van der Waals surface area (Å²) in [5.41, 5.74) is 0.0980. The zero-order valence-electron chi connectivity index (χ0n) is 9.38. The van der Waals surface area contributed by atoms with E-state index in [0.29, 0.717) is 4.47 Å². The Balaban J connectivity index is 2.87. The van der Waals surface area contributed by atoms with Crippen molar-refractivity contribution in [2.24, 2.45) is 0 Å². The highest BCUT2D eigenvalue weighted by molar-refractivity contribution is 9.10. The molecule has 3 nitrogen and oxygen atoms in total. The number of carbonyl (C=O) groups is 1. The molecule has 0 aliphatic carbocycles.